The molecule has 1 N–H and O–H groups in total. The van der Waals surface area contributed by atoms with Crippen LogP contribution in [0.4, 0.5) is 4.39 Å². The lowest BCUT2D eigenvalue weighted by Crippen LogP contribution is -2.32. The van der Waals surface area contributed by atoms with E-state index in [0.29, 0.717) is 10.5 Å². The van der Waals surface area contributed by atoms with Gasteiger partial charge in [0.1, 0.15) is 5.82 Å². The lowest BCUT2D eigenvalue weighted by Gasteiger charge is -2.26. The van der Waals surface area contributed by atoms with Gasteiger partial charge in [0.2, 0.25) is 0 Å². The molecule has 0 spiro atoms. The molecule has 0 aliphatic rings. The summed E-state index contributed by atoms with van der Waals surface area (Å²) < 4.78 is 14.0. The van der Waals surface area contributed by atoms with Crippen LogP contribution < -0.4 is 5.32 Å². The normalized spacial score (nSPS) is 13.8. The van der Waals surface area contributed by atoms with Crippen molar-refractivity contribution in [2.24, 2.45) is 5.41 Å². The SMILES string of the molecule is CNC(Cc1cccc(F)c1Br)CC(C)(C)C. The Hall–Kier alpha value is -0.410. The van der Waals surface area contributed by atoms with E-state index in [1.807, 2.05) is 13.1 Å². The van der Waals surface area contributed by atoms with Crippen molar-refractivity contribution in [1.82, 2.24) is 5.32 Å². The van der Waals surface area contributed by atoms with Crippen LogP contribution in [0.25, 0.3) is 0 Å². The zero-order valence-electron chi connectivity index (χ0n) is 11.0. The maximum atomic E-state index is 13.4. The first kappa shape index (κ1) is 14.7. The van der Waals surface area contributed by atoms with Gasteiger partial charge in [-0.2, -0.15) is 0 Å². The summed E-state index contributed by atoms with van der Waals surface area (Å²) in [5.41, 5.74) is 1.29. The summed E-state index contributed by atoms with van der Waals surface area (Å²) in [5.74, 6) is -0.187. The van der Waals surface area contributed by atoms with Crippen molar-refractivity contribution < 1.29 is 4.39 Å². The molecule has 0 saturated carbocycles. The number of likely N-dealkylation sites (N-methyl/N-ethyl adjacent to an activating group) is 1. The van der Waals surface area contributed by atoms with Crippen molar-refractivity contribution in [2.45, 2.75) is 39.7 Å². The molecule has 1 atom stereocenters. The molecule has 0 aromatic heterocycles. The molecule has 0 bridgehead atoms. The van der Waals surface area contributed by atoms with E-state index in [0.717, 1.165) is 18.4 Å². The zero-order chi connectivity index (χ0) is 13.1. The van der Waals surface area contributed by atoms with Crippen molar-refractivity contribution in [2.75, 3.05) is 7.05 Å². The van der Waals surface area contributed by atoms with E-state index in [9.17, 15) is 4.39 Å². The second-order valence-corrected chi connectivity index (χ2v) is 6.46. The van der Waals surface area contributed by atoms with E-state index < -0.39 is 0 Å². The fourth-order valence-electron chi connectivity index (χ4n) is 1.99. The molecule has 17 heavy (non-hydrogen) atoms. The summed E-state index contributed by atoms with van der Waals surface area (Å²) in [4.78, 5) is 0. The highest BCUT2D eigenvalue weighted by Gasteiger charge is 2.19. The largest absolute Gasteiger partial charge is 0.317 e. The summed E-state index contributed by atoms with van der Waals surface area (Å²) in [5, 5.41) is 3.31. The van der Waals surface area contributed by atoms with Gasteiger partial charge in [0, 0.05) is 6.04 Å². The second-order valence-electron chi connectivity index (χ2n) is 5.67. The van der Waals surface area contributed by atoms with Gasteiger partial charge >= 0.3 is 0 Å². The molecule has 3 heteroatoms. The number of hydrogen-bond acceptors (Lipinski definition) is 1. The quantitative estimate of drug-likeness (QED) is 0.881. The Kier molecular flexibility index (Phi) is 5.14. The van der Waals surface area contributed by atoms with Gasteiger partial charge in [0.05, 0.1) is 4.47 Å². The third kappa shape index (κ3) is 4.76. The summed E-state index contributed by atoms with van der Waals surface area (Å²) in [6.45, 7) is 6.66. The van der Waals surface area contributed by atoms with Crippen LogP contribution in [0.3, 0.4) is 0 Å². The van der Waals surface area contributed by atoms with Crippen LogP contribution in [0.1, 0.15) is 32.8 Å². The first-order valence-electron chi connectivity index (χ1n) is 5.93. The topological polar surface area (TPSA) is 12.0 Å². The maximum absolute atomic E-state index is 13.4. The number of halogens is 2. The van der Waals surface area contributed by atoms with Crippen molar-refractivity contribution in [3.63, 3.8) is 0 Å². The zero-order valence-corrected chi connectivity index (χ0v) is 12.6. The lowest BCUT2D eigenvalue weighted by molar-refractivity contribution is 0.315. The molecule has 0 heterocycles. The van der Waals surface area contributed by atoms with Crippen LogP contribution >= 0.6 is 15.9 Å². The van der Waals surface area contributed by atoms with Gasteiger partial charge in [0.25, 0.3) is 0 Å². The summed E-state index contributed by atoms with van der Waals surface area (Å²) in [6, 6.07) is 5.58. The average Bonchev–Trinajstić information content (AvgIpc) is 2.21. The highest BCUT2D eigenvalue weighted by molar-refractivity contribution is 9.10. The Morgan fingerprint density at radius 3 is 2.53 bits per heavy atom. The molecule has 1 rings (SSSR count). The van der Waals surface area contributed by atoms with Crippen molar-refractivity contribution >= 4 is 15.9 Å². The van der Waals surface area contributed by atoms with E-state index in [-0.39, 0.29) is 11.2 Å². The standard InChI is InChI=1S/C14H21BrFN/c1-14(2,3)9-11(17-4)8-10-6-5-7-12(16)13(10)15/h5-7,11,17H,8-9H2,1-4H3. The van der Waals surface area contributed by atoms with Crippen molar-refractivity contribution in [1.29, 1.82) is 0 Å². The van der Waals surface area contributed by atoms with Crippen molar-refractivity contribution in [3.8, 4) is 0 Å². The molecule has 1 aromatic carbocycles. The average molecular weight is 302 g/mol. The highest BCUT2D eigenvalue weighted by atomic mass is 79.9. The minimum absolute atomic E-state index is 0.187. The Labute approximate surface area is 112 Å². The number of benzene rings is 1. The predicted octanol–water partition coefficient (Wildman–Crippen LogP) is 4.15. The smallest absolute Gasteiger partial charge is 0.137 e. The van der Waals surface area contributed by atoms with E-state index in [1.54, 1.807) is 6.07 Å². The molecular formula is C14H21BrFN. The van der Waals surface area contributed by atoms with Crippen LogP contribution in [0, 0.1) is 11.2 Å². The molecule has 0 fully saturated rings. The third-order valence-electron chi connectivity index (χ3n) is 2.76. The van der Waals surface area contributed by atoms with E-state index in [2.05, 4.69) is 42.0 Å². The van der Waals surface area contributed by atoms with E-state index in [4.69, 9.17) is 0 Å². The maximum Gasteiger partial charge on any atom is 0.137 e. The van der Waals surface area contributed by atoms with Crippen LogP contribution in [0.15, 0.2) is 22.7 Å². The van der Waals surface area contributed by atoms with Gasteiger partial charge in [-0.3, -0.25) is 0 Å². The van der Waals surface area contributed by atoms with Crippen LogP contribution in [-0.2, 0) is 6.42 Å². The summed E-state index contributed by atoms with van der Waals surface area (Å²) in [6.07, 6.45) is 1.90. The minimum atomic E-state index is -0.187. The Bertz CT molecular complexity index is 371. The number of nitrogens with one attached hydrogen (secondary N) is 1. The second kappa shape index (κ2) is 5.96. The fourth-order valence-corrected chi connectivity index (χ4v) is 2.41. The van der Waals surface area contributed by atoms with Crippen LogP contribution in [-0.4, -0.2) is 13.1 Å². The molecule has 0 radical (unpaired) electrons. The monoisotopic (exact) mass is 301 g/mol. The van der Waals surface area contributed by atoms with Gasteiger partial charge < -0.3 is 5.32 Å². The van der Waals surface area contributed by atoms with E-state index in [1.165, 1.54) is 6.07 Å². The number of hydrogen-bond donors (Lipinski definition) is 1. The van der Waals surface area contributed by atoms with Gasteiger partial charge in [0.15, 0.2) is 0 Å². The Balaban J connectivity index is 2.77. The van der Waals surface area contributed by atoms with Gasteiger partial charge in [-0.1, -0.05) is 32.9 Å². The molecule has 1 aromatic rings. The molecule has 0 amide bonds. The molecule has 1 nitrogen and oxygen atoms in total. The summed E-state index contributed by atoms with van der Waals surface area (Å²) in [7, 11) is 1.96. The molecule has 0 aliphatic heterocycles. The Morgan fingerprint density at radius 2 is 2.00 bits per heavy atom. The lowest BCUT2D eigenvalue weighted by atomic mass is 9.86. The van der Waals surface area contributed by atoms with Crippen molar-refractivity contribution in [3.05, 3.63) is 34.1 Å². The molecular weight excluding hydrogens is 281 g/mol. The minimum Gasteiger partial charge on any atom is -0.317 e. The molecule has 0 aliphatic carbocycles. The first-order chi connectivity index (χ1) is 7.83. The van der Waals surface area contributed by atoms with E-state index >= 15 is 0 Å². The van der Waals surface area contributed by atoms with Gasteiger partial charge in [-0.05, 0) is 52.9 Å². The molecule has 0 saturated heterocycles. The first-order valence-corrected chi connectivity index (χ1v) is 6.73. The predicted molar refractivity (Wildman–Crippen MR) is 74.7 cm³/mol. The van der Waals surface area contributed by atoms with Crippen LogP contribution in [0.5, 0.6) is 0 Å². The summed E-state index contributed by atoms with van der Waals surface area (Å²) >= 11 is 3.31. The Morgan fingerprint density at radius 1 is 1.35 bits per heavy atom. The van der Waals surface area contributed by atoms with Crippen LogP contribution in [0.2, 0.25) is 0 Å². The fraction of sp³-hybridized carbons (Fsp3) is 0.571. The van der Waals surface area contributed by atoms with Gasteiger partial charge in [-0.25, -0.2) is 4.39 Å². The third-order valence-corrected chi connectivity index (χ3v) is 3.65. The highest BCUT2D eigenvalue weighted by Crippen LogP contribution is 2.26. The number of rotatable bonds is 4. The molecule has 96 valence electrons. The van der Waals surface area contributed by atoms with Gasteiger partial charge in [-0.15, -0.1) is 0 Å². The molecule has 1 unspecified atom stereocenters.